The van der Waals surface area contributed by atoms with Crippen LogP contribution in [0.4, 0.5) is 0 Å². The first-order valence-corrected chi connectivity index (χ1v) is 6.84. The highest BCUT2D eigenvalue weighted by molar-refractivity contribution is 5.74. The van der Waals surface area contributed by atoms with Gasteiger partial charge in [-0.3, -0.25) is 9.59 Å². The highest BCUT2D eigenvalue weighted by Gasteiger charge is 2.24. The fourth-order valence-corrected chi connectivity index (χ4v) is 1.90. The second-order valence-electron chi connectivity index (χ2n) is 5.63. The zero-order valence-electron chi connectivity index (χ0n) is 11.9. The van der Waals surface area contributed by atoms with Gasteiger partial charge in [-0.05, 0) is 45.4 Å². The minimum Gasteiger partial charge on any atom is -0.370 e. The molecule has 1 saturated carbocycles. The van der Waals surface area contributed by atoms with Crippen molar-refractivity contribution in [2.45, 2.75) is 69.9 Å². The summed E-state index contributed by atoms with van der Waals surface area (Å²) in [6, 6.07) is 0.418. The molecule has 8 N–H and O–H groups in total. The van der Waals surface area contributed by atoms with E-state index in [0.29, 0.717) is 31.7 Å². The number of nitrogens with two attached hydrogens (primary N) is 4. The van der Waals surface area contributed by atoms with Crippen LogP contribution in [0.25, 0.3) is 0 Å². The summed E-state index contributed by atoms with van der Waals surface area (Å²) >= 11 is 0. The van der Waals surface area contributed by atoms with E-state index in [2.05, 4.69) is 6.92 Å². The molecule has 0 bridgehead atoms. The molecule has 2 amide bonds. The van der Waals surface area contributed by atoms with E-state index in [4.69, 9.17) is 22.9 Å². The van der Waals surface area contributed by atoms with Gasteiger partial charge in [0.1, 0.15) is 0 Å². The molecule has 1 rings (SSSR count). The summed E-state index contributed by atoms with van der Waals surface area (Å²) in [6.07, 6.45) is 6.37. The van der Waals surface area contributed by atoms with Crippen LogP contribution in [0.2, 0.25) is 0 Å². The summed E-state index contributed by atoms with van der Waals surface area (Å²) in [7, 11) is 0. The SMILES string of the molecule is CC1(N)CCC(N)CC1.NC(=O)CCCCC(N)=O. The second-order valence-corrected chi connectivity index (χ2v) is 5.63. The van der Waals surface area contributed by atoms with Crippen molar-refractivity contribution in [1.82, 2.24) is 0 Å². The molecular weight excluding hydrogens is 244 g/mol. The van der Waals surface area contributed by atoms with Gasteiger partial charge in [0.2, 0.25) is 11.8 Å². The van der Waals surface area contributed by atoms with E-state index in [1.165, 1.54) is 0 Å². The Morgan fingerprint density at radius 1 is 1.05 bits per heavy atom. The van der Waals surface area contributed by atoms with Gasteiger partial charge in [-0.15, -0.1) is 0 Å². The van der Waals surface area contributed by atoms with Crippen molar-refractivity contribution in [2.24, 2.45) is 22.9 Å². The molecule has 6 nitrogen and oxygen atoms in total. The van der Waals surface area contributed by atoms with E-state index in [9.17, 15) is 9.59 Å². The van der Waals surface area contributed by atoms with E-state index in [-0.39, 0.29) is 17.4 Å². The first-order valence-electron chi connectivity index (χ1n) is 6.84. The van der Waals surface area contributed by atoms with Crippen LogP contribution in [0.1, 0.15) is 58.3 Å². The number of hydrogen-bond donors (Lipinski definition) is 4. The Balaban J connectivity index is 0.000000342. The molecule has 0 unspecified atom stereocenters. The second kappa shape index (κ2) is 8.87. The lowest BCUT2D eigenvalue weighted by molar-refractivity contribution is -0.119. The lowest BCUT2D eigenvalue weighted by atomic mass is 9.82. The number of unbranched alkanes of at least 4 members (excludes halogenated alkanes) is 1. The van der Waals surface area contributed by atoms with Crippen LogP contribution in [0.15, 0.2) is 0 Å². The van der Waals surface area contributed by atoms with Gasteiger partial charge in [0.25, 0.3) is 0 Å². The molecule has 0 aromatic heterocycles. The first-order chi connectivity index (χ1) is 8.73. The molecule has 1 fully saturated rings. The molecule has 1 aliphatic rings. The molecule has 0 aromatic carbocycles. The largest absolute Gasteiger partial charge is 0.370 e. The summed E-state index contributed by atoms with van der Waals surface area (Å²) < 4.78 is 0. The standard InChI is InChI=1S/C7H16N2.C6H12N2O2/c1-7(9)4-2-6(8)3-5-7;7-5(9)3-1-2-4-6(8)10/h6H,2-5,8-9H2,1H3;1-4H2,(H2,7,9)(H2,8,10). The average molecular weight is 272 g/mol. The van der Waals surface area contributed by atoms with Crippen molar-refractivity contribution in [3.05, 3.63) is 0 Å². The normalized spacial score (nSPS) is 26.2. The van der Waals surface area contributed by atoms with Crippen molar-refractivity contribution in [2.75, 3.05) is 0 Å². The third kappa shape index (κ3) is 11.7. The van der Waals surface area contributed by atoms with E-state index < -0.39 is 0 Å². The molecule has 19 heavy (non-hydrogen) atoms. The number of carbonyl (C=O) groups is 2. The van der Waals surface area contributed by atoms with Crippen molar-refractivity contribution in [3.8, 4) is 0 Å². The third-order valence-corrected chi connectivity index (χ3v) is 3.27. The van der Waals surface area contributed by atoms with Gasteiger partial charge in [0, 0.05) is 24.4 Å². The van der Waals surface area contributed by atoms with E-state index >= 15 is 0 Å². The molecular formula is C13H28N4O2. The first kappa shape index (κ1) is 17.9. The maximum Gasteiger partial charge on any atom is 0.217 e. The van der Waals surface area contributed by atoms with Gasteiger partial charge in [0.15, 0.2) is 0 Å². The fraction of sp³-hybridized carbons (Fsp3) is 0.846. The van der Waals surface area contributed by atoms with Gasteiger partial charge in [-0.25, -0.2) is 0 Å². The van der Waals surface area contributed by atoms with Crippen LogP contribution in [-0.4, -0.2) is 23.4 Å². The predicted molar refractivity (Wildman–Crippen MR) is 75.9 cm³/mol. The molecule has 0 spiro atoms. The molecule has 0 atom stereocenters. The summed E-state index contributed by atoms with van der Waals surface area (Å²) in [5, 5.41) is 0. The van der Waals surface area contributed by atoms with Gasteiger partial charge >= 0.3 is 0 Å². The topological polar surface area (TPSA) is 138 Å². The van der Waals surface area contributed by atoms with Crippen LogP contribution in [0, 0.1) is 0 Å². The summed E-state index contributed by atoms with van der Waals surface area (Å²) in [6.45, 7) is 2.11. The molecule has 112 valence electrons. The van der Waals surface area contributed by atoms with Crippen LogP contribution >= 0.6 is 0 Å². The van der Waals surface area contributed by atoms with E-state index in [1.807, 2.05) is 0 Å². The summed E-state index contributed by atoms with van der Waals surface area (Å²) in [5.74, 6) is -0.658. The number of rotatable bonds is 5. The van der Waals surface area contributed by atoms with Crippen molar-refractivity contribution in [3.63, 3.8) is 0 Å². The maximum absolute atomic E-state index is 10.2. The van der Waals surface area contributed by atoms with Gasteiger partial charge in [-0.2, -0.15) is 0 Å². The van der Waals surface area contributed by atoms with Crippen LogP contribution < -0.4 is 22.9 Å². The van der Waals surface area contributed by atoms with E-state index in [0.717, 1.165) is 25.7 Å². The minimum absolute atomic E-state index is 0.0792. The molecule has 0 radical (unpaired) electrons. The van der Waals surface area contributed by atoms with Crippen molar-refractivity contribution in [1.29, 1.82) is 0 Å². The molecule has 6 heteroatoms. The Morgan fingerprint density at radius 2 is 1.42 bits per heavy atom. The Kier molecular flexibility index (Phi) is 8.34. The van der Waals surface area contributed by atoms with Crippen molar-refractivity contribution >= 4 is 11.8 Å². The fourth-order valence-electron chi connectivity index (χ4n) is 1.90. The third-order valence-electron chi connectivity index (χ3n) is 3.27. The minimum atomic E-state index is -0.329. The number of primary amides is 2. The van der Waals surface area contributed by atoms with E-state index in [1.54, 1.807) is 0 Å². The smallest absolute Gasteiger partial charge is 0.217 e. The summed E-state index contributed by atoms with van der Waals surface area (Å²) in [4.78, 5) is 20.3. The maximum atomic E-state index is 10.2. The Morgan fingerprint density at radius 3 is 1.68 bits per heavy atom. The molecule has 0 aliphatic heterocycles. The quantitative estimate of drug-likeness (QED) is 0.528. The molecule has 1 aliphatic carbocycles. The number of amides is 2. The van der Waals surface area contributed by atoms with Gasteiger partial charge in [0.05, 0.1) is 0 Å². The van der Waals surface area contributed by atoms with Crippen LogP contribution in [0.3, 0.4) is 0 Å². The zero-order valence-corrected chi connectivity index (χ0v) is 11.9. The van der Waals surface area contributed by atoms with Crippen LogP contribution in [0.5, 0.6) is 0 Å². The zero-order chi connectivity index (χ0) is 14.9. The molecule has 0 heterocycles. The lowest BCUT2D eigenvalue weighted by Gasteiger charge is -2.32. The van der Waals surface area contributed by atoms with Gasteiger partial charge in [-0.1, -0.05) is 0 Å². The lowest BCUT2D eigenvalue weighted by Crippen LogP contribution is -2.43. The Hall–Kier alpha value is -1.14. The number of hydrogen-bond acceptors (Lipinski definition) is 4. The molecule has 0 saturated heterocycles. The average Bonchev–Trinajstić information content (AvgIpc) is 2.29. The highest BCUT2D eigenvalue weighted by Crippen LogP contribution is 2.24. The number of carbonyl (C=O) groups excluding carboxylic acids is 2. The highest BCUT2D eigenvalue weighted by atomic mass is 16.1. The Labute approximate surface area is 115 Å². The Bertz CT molecular complexity index is 266. The monoisotopic (exact) mass is 272 g/mol. The van der Waals surface area contributed by atoms with Crippen LogP contribution in [-0.2, 0) is 9.59 Å². The molecule has 0 aromatic rings. The summed E-state index contributed by atoms with van der Waals surface area (Å²) in [5.41, 5.74) is 21.4. The van der Waals surface area contributed by atoms with Crippen molar-refractivity contribution < 1.29 is 9.59 Å². The predicted octanol–water partition coefficient (Wildman–Crippen LogP) is 0.123. The van der Waals surface area contributed by atoms with Gasteiger partial charge < -0.3 is 22.9 Å².